The minimum absolute atomic E-state index is 0. The molecule has 0 aromatic heterocycles. The van der Waals surface area contributed by atoms with Gasteiger partial charge in [0.1, 0.15) is 0 Å². The van der Waals surface area contributed by atoms with Gasteiger partial charge in [0, 0.05) is 25.1 Å². The SMILES string of the molecule is CCC1(CC)C(NC(N)=NCC2CCC2)CC1OC.I. The summed E-state index contributed by atoms with van der Waals surface area (Å²) in [6.07, 6.45) is 7.64. The van der Waals surface area contributed by atoms with E-state index >= 15 is 0 Å². The zero-order valence-corrected chi connectivity index (χ0v) is 15.4. The molecule has 2 fully saturated rings. The Morgan fingerprint density at radius 1 is 1.35 bits per heavy atom. The van der Waals surface area contributed by atoms with Gasteiger partial charge >= 0.3 is 0 Å². The highest BCUT2D eigenvalue weighted by Crippen LogP contribution is 2.48. The van der Waals surface area contributed by atoms with E-state index in [0.29, 0.717) is 18.1 Å². The molecule has 0 aliphatic heterocycles. The summed E-state index contributed by atoms with van der Waals surface area (Å²) in [5, 5.41) is 3.42. The minimum Gasteiger partial charge on any atom is -0.381 e. The van der Waals surface area contributed by atoms with Gasteiger partial charge in [-0.2, -0.15) is 0 Å². The van der Waals surface area contributed by atoms with Crippen molar-refractivity contribution >= 4 is 29.9 Å². The zero-order chi connectivity index (χ0) is 13.9. The van der Waals surface area contributed by atoms with Gasteiger partial charge in [0.15, 0.2) is 5.96 Å². The monoisotopic (exact) mass is 395 g/mol. The van der Waals surface area contributed by atoms with E-state index < -0.39 is 0 Å². The normalized spacial score (nSPS) is 29.1. The predicted molar refractivity (Wildman–Crippen MR) is 94.6 cm³/mol. The van der Waals surface area contributed by atoms with Crippen LogP contribution in [0.15, 0.2) is 4.99 Å². The lowest BCUT2D eigenvalue weighted by Gasteiger charge is -2.55. The molecule has 3 N–H and O–H groups in total. The molecule has 5 heteroatoms. The standard InChI is InChI=1S/C15H29N3O.HI/c1-4-15(5-2)12(9-13(15)19-3)18-14(16)17-10-11-7-6-8-11;/h11-13H,4-10H2,1-3H3,(H3,16,17,18);1H. The lowest BCUT2D eigenvalue weighted by Crippen LogP contribution is -2.65. The maximum absolute atomic E-state index is 6.03. The lowest BCUT2D eigenvalue weighted by atomic mass is 9.58. The molecule has 20 heavy (non-hydrogen) atoms. The molecule has 0 amide bonds. The van der Waals surface area contributed by atoms with Crippen LogP contribution >= 0.6 is 24.0 Å². The molecule has 2 rings (SSSR count). The van der Waals surface area contributed by atoms with Crippen molar-refractivity contribution in [3.63, 3.8) is 0 Å². The van der Waals surface area contributed by atoms with Gasteiger partial charge in [-0.25, -0.2) is 0 Å². The third-order valence-corrected chi connectivity index (χ3v) is 5.45. The number of halogens is 1. The minimum atomic E-state index is 0. The fourth-order valence-corrected chi connectivity index (χ4v) is 3.61. The number of methoxy groups -OCH3 is 1. The lowest BCUT2D eigenvalue weighted by molar-refractivity contribution is -0.118. The third-order valence-electron chi connectivity index (χ3n) is 5.45. The van der Waals surface area contributed by atoms with E-state index in [9.17, 15) is 0 Å². The summed E-state index contributed by atoms with van der Waals surface area (Å²) in [4.78, 5) is 4.50. The molecule has 0 aromatic carbocycles. The molecule has 2 unspecified atom stereocenters. The Labute approximate surface area is 140 Å². The van der Waals surface area contributed by atoms with Crippen LogP contribution < -0.4 is 11.1 Å². The first-order chi connectivity index (χ1) is 9.16. The Morgan fingerprint density at radius 3 is 2.45 bits per heavy atom. The van der Waals surface area contributed by atoms with Gasteiger partial charge < -0.3 is 15.8 Å². The zero-order valence-electron chi connectivity index (χ0n) is 13.0. The van der Waals surface area contributed by atoms with E-state index in [1.54, 1.807) is 0 Å². The molecular weight excluding hydrogens is 365 g/mol. The fourth-order valence-electron chi connectivity index (χ4n) is 3.61. The molecule has 0 bridgehead atoms. The summed E-state index contributed by atoms with van der Waals surface area (Å²) < 4.78 is 5.60. The number of ether oxygens (including phenoxy) is 1. The summed E-state index contributed by atoms with van der Waals surface area (Å²) in [6.45, 7) is 5.38. The van der Waals surface area contributed by atoms with Gasteiger partial charge in [-0.15, -0.1) is 24.0 Å². The quantitative estimate of drug-likeness (QED) is 0.413. The highest BCUT2D eigenvalue weighted by Gasteiger charge is 2.53. The van der Waals surface area contributed by atoms with E-state index in [2.05, 4.69) is 24.2 Å². The summed E-state index contributed by atoms with van der Waals surface area (Å²) in [7, 11) is 1.81. The molecule has 0 radical (unpaired) electrons. The van der Waals surface area contributed by atoms with Crippen LogP contribution in [0.2, 0.25) is 0 Å². The van der Waals surface area contributed by atoms with Crippen LogP contribution in [0.25, 0.3) is 0 Å². The van der Waals surface area contributed by atoms with Crippen molar-refractivity contribution in [2.75, 3.05) is 13.7 Å². The summed E-state index contributed by atoms with van der Waals surface area (Å²) in [5.74, 6) is 1.40. The number of nitrogens with two attached hydrogens (primary N) is 1. The molecule has 4 nitrogen and oxygen atoms in total. The first-order valence-corrected chi connectivity index (χ1v) is 7.75. The van der Waals surface area contributed by atoms with Crippen molar-refractivity contribution in [3.8, 4) is 0 Å². The Balaban J connectivity index is 0.00000200. The number of nitrogens with one attached hydrogen (secondary N) is 1. The molecule has 2 atom stereocenters. The molecule has 2 aliphatic rings. The van der Waals surface area contributed by atoms with Crippen molar-refractivity contribution < 1.29 is 4.74 Å². The molecule has 118 valence electrons. The topological polar surface area (TPSA) is 59.6 Å². The van der Waals surface area contributed by atoms with Crippen molar-refractivity contribution in [2.45, 2.75) is 64.5 Å². The second-order valence-electron chi connectivity index (χ2n) is 6.12. The van der Waals surface area contributed by atoms with E-state index in [1.165, 1.54) is 19.3 Å². The third kappa shape index (κ3) is 3.40. The maximum atomic E-state index is 6.03. The van der Waals surface area contributed by atoms with E-state index in [0.717, 1.165) is 31.7 Å². The summed E-state index contributed by atoms with van der Waals surface area (Å²) >= 11 is 0. The Morgan fingerprint density at radius 2 is 2.00 bits per heavy atom. The molecule has 0 saturated heterocycles. The smallest absolute Gasteiger partial charge is 0.188 e. The van der Waals surface area contributed by atoms with Gasteiger partial charge in [0.25, 0.3) is 0 Å². The summed E-state index contributed by atoms with van der Waals surface area (Å²) in [6, 6.07) is 0.414. The Hall–Kier alpha value is -0.0400. The van der Waals surface area contributed by atoms with Crippen LogP contribution in [0.4, 0.5) is 0 Å². The molecule has 0 heterocycles. The van der Waals surface area contributed by atoms with E-state index in [-0.39, 0.29) is 29.4 Å². The Kier molecular flexibility index (Phi) is 7.04. The fraction of sp³-hybridized carbons (Fsp3) is 0.933. The van der Waals surface area contributed by atoms with Gasteiger partial charge in [-0.3, -0.25) is 4.99 Å². The molecule has 2 aliphatic carbocycles. The second-order valence-corrected chi connectivity index (χ2v) is 6.12. The maximum Gasteiger partial charge on any atom is 0.188 e. The molecular formula is C15H30IN3O. The average molecular weight is 395 g/mol. The molecule has 2 saturated carbocycles. The number of rotatable bonds is 6. The average Bonchev–Trinajstić information content (AvgIpc) is 2.34. The van der Waals surface area contributed by atoms with Crippen LogP contribution in [0, 0.1) is 11.3 Å². The van der Waals surface area contributed by atoms with E-state index in [4.69, 9.17) is 10.5 Å². The Bertz CT molecular complexity index is 327. The second kappa shape index (κ2) is 7.82. The van der Waals surface area contributed by atoms with Gasteiger partial charge in [-0.05, 0) is 38.0 Å². The van der Waals surface area contributed by atoms with Crippen LogP contribution in [-0.2, 0) is 4.74 Å². The van der Waals surface area contributed by atoms with Crippen molar-refractivity contribution in [3.05, 3.63) is 0 Å². The number of hydrogen-bond donors (Lipinski definition) is 2. The number of guanidine groups is 1. The van der Waals surface area contributed by atoms with Crippen LogP contribution in [0.5, 0.6) is 0 Å². The van der Waals surface area contributed by atoms with Gasteiger partial charge in [-0.1, -0.05) is 20.3 Å². The van der Waals surface area contributed by atoms with Crippen molar-refractivity contribution in [1.29, 1.82) is 0 Å². The number of hydrogen-bond acceptors (Lipinski definition) is 2. The number of nitrogens with zero attached hydrogens (tertiary/aromatic N) is 1. The van der Waals surface area contributed by atoms with Crippen LogP contribution in [0.1, 0.15) is 52.4 Å². The first kappa shape index (κ1) is 18.0. The van der Waals surface area contributed by atoms with Gasteiger partial charge in [0.05, 0.1) is 6.10 Å². The van der Waals surface area contributed by atoms with Gasteiger partial charge in [0.2, 0.25) is 0 Å². The summed E-state index contributed by atoms with van der Waals surface area (Å²) in [5.41, 5.74) is 6.25. The van der Waals surface area contributed by atoms with E-state index in [1.807, 2.05) is 7.11 Å². The first-order valence-electron chi connectivity index (χ1n) is 7.75. The largest absolute Gasteiger partial charge is 0.381 e. The van der Waals surface area contributed by atoms with Crippen molar-refractivity contribution in [2.24, 2.45) is 22.1 Å². The molecule has 0 aromatic rings. The number of aliphatic imine (C=N–C) groups is 1. The molecule has 0 spiro atoms. The highest BCUT2D eigenvalue weighted by molar-refractivity contribution is 14.0. The van der Waals surface area contributed by atoms with Crippen molar-refractivity contribution in [1.82, 2.24) is 5.32 Å². The highest BCUT2D eigenvalue weighted by atomic mass is 127. The van der Waals surface area contributed by atoms with Crippen LogP contribution in [0.3, 0.4) is 0 Å². The predicted octanol–water partition coefficient (Wildman–Crippen LogP) is 2.90. The van der Waals surface area contributed by atoms with Crippen LogP contribution in [-0.4, -0.2) is 31.8 Å².